The number of hydrogen-bond donors (Lipinski definition) is 0. The van der Waals surface area contributed by atoms with Gasteiger partial charge in [-0.1, -0.05) is 20.8 Å². The van der Waals surface area contributed by atoms with Crippen LogP contribution in [-0.4, -0.2) is 7.11 Å². The molecule has 0 amide bonds. The molecular weight excluding hydrogens is 179 g/mol. The molecule has 0 saturated carbocycles. The summed E-state index contributed by atoms with van der Waals surface area (Å²) < 4.78 is 18.6. The van der Waals surface area contributed by atoms with Gasteiger partial charge < -0.3 is 4.74 Å². The molecule has 78 valence electrons. The van der Waals surface area contributed by atoms with Crippen LogP contribution in [0, 0.1) is 5.82 Å². The van der Waals surface area contributed by atoms with Gasteiger partial charge in [0.2, 0.25) is 0 Å². The summed E-state index contributed by atoms with van der Waals surface area (Å²) in [6.45, 7) is 6.12. The Hall–Kier alpha value is -1.05. The first kappa shape index (κ1) is 11.0. The predicted molar refractivity (Wildman–Crippen MR) is 56.3 cm³/mol. The minimum Gasteiger partial charge on any atom is -0.497 e. The van der Waals surface area contributed by atoms with E-state index in [0.29, 0.717) is 5.75 Å². The van der Waals surface area contributed by atoms with Crippen LogP contribution >= 0.6 is 0 Å². The van der Waals surface area contributed by atoms with E-state index >= 15 is 0 Å². The van der Waals surface area contributed by atoms with Crippen molar-refractivity contribution in [1.29, 1.82) is 0 Å². The van der Waals surface area contributed by atoms with Gasteiger partial charge in [-0.2, -0.15) is 0 Å². The van der Waals surface area contributed by atoms with Gasteiger partial charge in [-0.25, -0.2) is 4.39 Å². The van der Waals surface area contributed by atoms with Crippen molar-refractivity contribution in [3.8, 4) is 5.75 Å². The van der Waals surface area contributed by atoms with Crippen LogP contribution in [0.3, 0.4) is 0 Å². The van der Waals surface area contributed by atoms with E-state index in [2.05, 4.69) is 6.92 Å². The molecule has 0 aliphatic carbocycles. The Balaban J connectivity index is 3.18. The third-order valence-corrected chi connectivity index (χ3v) is 2.79. The van der Waals surface area contributed by atoms with Crippen molar-refractivity contribution in [2.75, 3.05) is 7.11 Å². The lowest BCUT2D eigenvalue weighted by Gasteiger charge is -2.24. The molecule has 0 N–H and O–H groups in total. The molecule has 14 heavy (non-hydrogen) atoms. The fourth-order valence-electron chi connectivity index (χ4n) is 1.34. The molecule has 1 aromatic rings. The van der Waals surface area contributed by atoms with E-state index in [1.807, 2.05) is 13.8 Å². The molecule has 1 aromatic carbocycles. The molecule has 0 saturated heterocycles. The third-order valence-electron chi connectivity index (χ3n) is 2.79. The molecule has 0 bridgehead atoms. The molecular formula is C12H17FO. The Labute approximate surface area is 84.9 Å². The molecule has 0 unspecified atom stereocenters. The van der Waals surface area contributed by atoms with Gasteiger partial charge in [-0.3, -0.25) is 0 Å². The molecule has 0 aliphatic rings. The number of halogens is 1. The maximum Gasteiger partial charge on any atom is 0.127 e. The maximum atomic E-state index is 13.5. The van der Waals surface area contributed by atoms with Gasteiger partial charge in [0.05, 0.1) is 7.11 Å². The van der Waals surface area contributed by atoms with Gasteiger partial charge in [0, 0.05) is 0 Å². The van der Waals surface area contributed by atoms with Crippen molar-refractivity contribution in [3.05, 3.63) is 29.6 Å². The second-order valence-electron chi connectivity index (χ2n) is 4.08. The summed E-state index contributed by atoms with van der Waals surface area (Å²) in [7, 11) is 1.59. The van der Waals surface area contributed by atoms with Crippen molar-refractivity contribution in [2.45, 2.75) is 32.6 Å². The van der Waals surface area contributed by atoms with Gasteiger partial charge in [0.25, 0.3) is 0 Å². The zero-order valence-electron chi connectivity index (χ0n) is 9.23. The first-order valence-corrected chi connectivity index (χ1v) is 4.85. The number of rotatable bonds is 3. The highest BCUT2D eigenvalue weighted by molar-refractivity contribution is 5.34. The van der Waals surface area contributed by atoms with E-state index in [4.69, 9.17) is 4.74 Å². The van der Waals surface area contributed by atoms with Crippen LogP contribution in [0.2, 0.25) is 0 Å². The minimum atomic E-state index is -0.155. The normalized spacial score (nSPS) is 11.5. The van der Waals surface area contributed by atoms with Crippen molar-refractivity contribution >= 4 is 0 Å². The number of methoxy groups -OCH3 is 1. The fraction of sp³-hybridized carbons (Fsp3) is 0.500. The largest absolute Gasteiger partial charge is 0.497 e. The second kappa shape index (κ2) is 3.99. The maximum absolute atomic E-state index is 13.5. The lowest BCUT2D eigenvalue weighted by atomic mass is 9.82. The molecule has 0 radical (unpaired) electrons. The van der Waals surface area contributed by atoms with Gasteiger partial charge in [-0.15, -0.1) is 0 Å². The monoisotopic (exact) mass is 196 g/mol. The number of benzene rings is 1. The van der Waals surface area contributed by atoms with E-state index in [1.54, 1.807) is 19.2 Å². The van der Waals surface area contributed by atoms with Crippen molar-refractivity contribution in [1.82, 2.24) is 0 Å². The van der Waals surface area contributed by atoms with Crippen LogP contribution in [0.4, 0.5) is 4.39 Å². The highest BCUT2D eigenvalue weighted by atomic mass is 19.1. The van der Waals surface area contributed by atoms with Crippen LogP contribution < -0.4 is 4.74 Å². The standard InChI is InChI=1S/C12H17FO/c1-5-12(2,3)10-8-9(14-4)6-7-11(10)13/h6-8H,5H2,1-4H3. The van der Waals surface area contributed by atoms with Crippen molar-refractivity contribution < 1.29 is 9.13 Å². The quantitative estimate of drug-likeness (QED) is 0.718. The first-order chi connectivity index (χ1) is 6.51. The Kier molecular flexibility index (Phi) is 3.14. The first-order valence-electron chi connectivity index (χ1n) is 4.85. The van der Waals surface area contributed by atoms with Crippen LogP contribution in [0.25, 0.3) is 0 Å². The Morgan fingerprint density at radius 1 is 1.36 bits per heavy atom. The molecule has 0 atom stereocenters. The summed E-state index contributed by atoms with van der Waals surface area (Å²) in [5.74, 6) is 0.556. The topological polar surface area (TPSA) is 9.23 Å². The molecule has 0 fully saturated rings. The Morgan fingerprint density at radius 2 is 2.00 bits per heavy atom. The molecule has 0 heterocycles. The molecule has 0 aliphatic heterocycles. The molecule has 1 nitrogen and oxygen atoms in total. The van der Waals surface area contributed by atoms with Crippen LogP contribution in [-0.2, 0) is 5.41 Å². The zero-order valence-corrected chi connectivity index (χ0v) is 9.23. The highest BCUT2D eigenvalue weighted by Gasteiger charge is 2.22. The predicted octanol–water partition coefficient (Wildman–Crippen LogP) is 3.52. The Bertz CT molecular complexity index is 318. The van der Waals surface area contributed by atoms with Gasteiger partial charge >= 0.3 is 0 Å². The van der Waals surface area contributed by atoms with Gasteiger partial charge in [-0.05, 0) is 35.6 Å². The van der Waals surface area contributed by atoms with E-state index < -0.39 is 0 Å². The van der Waals surface area contributed by atoms with E-state index in [-0.39, 0.29) is 11.2 Å². The van der Waals surface area contributed by atoms with Gasteiger partial charge in [0.15, 0.2) is 0 Å². The highest BCUT2D eigenvalue weighted by Crippen LogP contribution is 2.31. The lowest BCUT2D eigenvalue weighted by molar-refractivity contribution is 0.406. The van der Waals surface area contributed by atoms with Crippen LogP contribution in [0.1, 0.15) is 32.8 Å². The van der Waals surface area contributed by atoms with Crippen molar-refractivity contribution in [2.24, 2.45) is 0 Å². The lowest BCUT2D eigenvalue weighted by Crippen LogP contribution is -2.17. The SMILES string of the molecule is CCC(C)(C)c1cc(OC)ccc1F. The number of ether oxygens (including phenoxy) is 1. The summed E-state index contributed by atoms with van der Waals surface area (Å²) in [4.78, 5) is 0. The Morgan fingerprint density at radius 3 is 2.50 bits per heavy atom. The van der Waals surface area contributed by atoms with E-state index in [1.165, 1.54) is 6.07 Å². The summed E-state index contributed by atoms with van der Waals surface area (Å²) in [6, 6.07) is 4.88. The molecule has 0 spiro atoms. The summed E-state index contributed by atoms with van der Waals surface area (Å²) >= 11 is 0. The smallest absolute Gasteiger partial charge is 0.127 e. The van der Waals surface area contributed by atoms with E-state index in [0.717, 1.165) is 12.0 Å². The fourth-order valence-corrected chi connectivity index (χ4v) is 1.34. The van der Waals surface area contributed by atoms with Crippen molar-refractivity contribution in [3.63, 3.8) is 0 Å². The van der Waals surface area contributed by atoms with Crippen LogP contribution in [0.5, 0.6) is 5.75 Å². The molecule has 1 rings (SSSR count). The van der Waals surface area contributed by atoms with E-state index in [9.17, 15) is 4.39 Å². The average molecular weight is 196 g/mol. The second-order valence-corrected chi connectivity index (χ2v) is 4.08. The molecule has 2 heteroatoms. The average Bonchev–Trinajstić information content (AvgIpc) is 2.18. The zero-order chi connectivity index (χ0) is 10.8. The summed E-state index contributed by atoms with van der Waals surface area (Å²) in [5.41, 5.74) is 0.581. The van der Waals surface area contributed by atoms with Gasteiger partial charge in [0.1, 0.15) is 11.6 Å². The van der Waals surface area contributed by atoms with Crippen LogP contribution in [0.15, 0.2) is 18.2 Å². The summed E-state index contributed by atoms with van der Waals surface area (Å²) in [6.07, 6.45) is 0.900. The third kappa shape index (κ3) is 2.06. The molecule has 0 aromatic heterocycles. The number of hydrogen-bond acceptors (Lipinski definition) is 1. The minimum absolute atomic E-state index is 0.140. The summed E-state index contributed by atoms with van der Waals surface area (Å²) in [5, 5.41) is 0.